The lowest BCUT2D eigenvalue weighted by atomic mass is 10.1. The monoisotopic (exact) mass is 368 g/mol. The van der Waals surface area contributed by atoms with Crippen LogP contribution >= 0.6 is 0 Å². The van der Waals surface area contributed by atoms with Gasteiger partial charge in [0, 0.05) is 19.4 Å². The zero-order valence-corrected chi connectivity index (χ0v) is 13.8. The van der Waals surface area contributed by atoms with Crippen molar-refractivity contribution in [3.63, 3.8) is 0 Å². The molecule has 0 fully saturated rings. The molecule has 0 radical (unpaired) electrons. The van der Waals surface area contributed by atoms with Crippen molar-refractivity contribution in [1.29, 1.82) is 0 Å². The maximum atomic E-state index is 12.3. The number of hydrogen-bond donors (Lipinski definition) is 2. The molecule has 0 saturated carbocycles. The van der Waals surface area contributed by atoms with Gasteiger partial charge in [0.2, 0.25) is 18.3 Å². The van der Waals surface area contributed by atoms with Gasteiger partial charge in [-0.15, -0.1) is 0 Å². The topological polar surface area (TPSA) is 154 Å². The fourth-order valence-corrected chi connectivity index (χ4v) is 1.90. The van der Waals surface area contributed by atoms with E-state index in [9.17, 15) is 29.1 Å². The number of carbonyl (C=O) groups excluding carboxylic acids is 3. The second-order valence-electron chi connectivity index (χ2n) is 4.96. The van der Waals surface area contributed by atoms with E-state index in [2.05, 4.69) is 9.47 Å². The van der Waals surface area contributed by atoms with Crippen LogP contribution in [-0.4, -0.2) is 52.3 Å². The lowest BCUT2D eigenvalue weighted by Gasteiger charge is -2.23. The summed E-state index contributed by atoms with van der Waals surface area (Å²) < 4.78 is 13.9. The fraction of sp³-hybridized carbons (Fsp3) is 0.312. The average Bonchev–Trinajstić information content (AvgIpc) is 2.55. The van der Waals surface area contributed by atoms with E-state index in [-0.39, 0.29) is 5.56 Å². The second-order valence-corrected chi connectivity index (χ2v) is 4.96. The number of ether oxygens (including phenoxy) is 3. The van der Waals surface area contributed by atoms with Crippen molar-refractivity contribution < 1.29 is 48.4 Å². The SMILES string of the molecule is CC(=O)O[C@@H](C(=O)O)[C@@H](OC(C)=O)C(=O)O[C@@H](C(=O)O)c1ccccc1. The maximum absolute atomic E-state index is 12.3. The van der Waals surface area contributed by atoms with E-state index in [0.717, 1.165) is 13.8 Å². The summed E-state index contributed by atoms with van der Waals surface area (Å²) in [6.45, 7) is 1.77. The molecule has 2 N–H and O–H groups in total. The molecule has 0 aromatic heterocycles. The zero-order chi connectivity index (χ0) is 19.9. The van der Waals surface area contributed by atoms with Gasteiger partial charge < -0.3 is 24.4 Å². The molecule has 0 aliphatic rings. The largest absolute Gasteiger partial charge is 0.478 e. The van der Waals surface area contributed by atoms with Gasteiger partial charge in [-0.1, -0.05) is 30.3 Å². The molecule has 0 aliphatic carbocycles. The van der Waals surface area contributed by atoms with Crippen molar-refractivity contribution in [2.45, 2.75) is 32.2 Å². The van der Waals surface area contributed by atoms with E-state index in [0.29, 0.717) is 0 Å². The minimum atomic E-state index is -2.20. The Morgan fingerprint density at radius 2 is 1.27 bits per heavy atom. The van der Waals surface area contributed by atoms with Crippen LogP contribution in [0.15, 0.2) is 30.3 Å². The van der Waals surface area contributed by atoms with Crippen molar-refractivity contribution in [3.05, 3.63) is 35.9 Å². The molecule has 3 atom stereocenters. The first kappa shape index (κ1) is 20.6. The minimum absolute atomic E-state index is 0.0919. The lowest BCUT2D eigenvalue weighted by Crippen LogP contribution is -2.46. The first-order valence-electron chi connectivity index (χ1n) is 7.19. The number of esters is 3. The molecule has 0 amide bonds. The first-order valence-corrected chi connectivity index (χ1v) is 7.19. The zero-order valence-electron chi connectivity index (χ0n) is 13.8. The summed E-state index contributed by atoms with van der Waals surface area (Å²) in [5.74, 6) is -6.93. The summed E-state index contributed by atoms with van der Waals surface area (Å²) in [6, 6.07) is 7.34. The van der Waals surface area contributed by atoms with Gasteiger partial charge >= 0.3 is 29.8 Å². The molecule has 10 heteroatoms. The summed E-state index contributed by atoms with van der Waals surface area (Å²) in [6.07, 6.45) is -6.16. The van der Waals surface area contributed by atoms with Crippen LogP contribution in [0.1, 0.15) is 25.5 Å². The molecule has 26 heavy (non-hydrogen) atoms. The van der Waals surface area contributed by atoms with Crippen molar-refractivity contribution in [2.75, 3.05) is 0 Å². The number of hydrogen-bond acceptors (Lipinski definition) is 8. The molecule has 1 rings (SSSR count). The summed E-state index contributed by atoms with van der Waals surface area (Å²) in [7, 11) is 0. The van der Waals surface area contributed by atoms with E-state index in [4.69, 9.17) is 9.84 Å². The third-order valence-electron chi connectivity index (χ3n) is 2.90. The van der Waals surface area contributed by atoms with Crippen LogP contribution in [0, 0.1) is 0 Å². The van der Waals surface area contributed by atoms with Gasteiger partial charge in [0.1, 0.15) is 0 Å². The van der Waals surface area contributed by atoms with Gasteiger partial charge in [-0.3, -0.25) is 9.59 Å². The van der Waals surface area contributed by atoms with Crippen LogP contribution in [0.4, 0.5) is 0 Å². The average molecular weight is 368 g/mol. The number of carboxylic acids is 2. The highest BCUT2D eigenvalue weighted by Crippen LogP contribution is 2.20. The number of carboxylic acid groups (broad SMARTS) is 2. The summed E-state index contributed by atoms with van der Waals surface area (Å²) in [4.78, 5) is 57.1. The van der Waals surface area contributed by atoms with E-state index in [1.165, 1.54) is 24.3 Å². The molecular weight excluding hydrogens is 352 g/mol. The fourth-order valence-electron chi connectivity index (χ4n) is 1.90. The van der Waals surface area contributed by atoms with Crippen LogP contribution in [0.5, 0.6) is 0 Å². The first-order chi connectivity index (χ1) is 12.1. The third-order valence-corrected chi connectivity index (χ3v) is 2.90. The Hall–Kier alpha value is -3.43. The van der Waals surface area contributed by atoms with Crippen LogP contribution in [0.25, 0.3) is 0 Å². The second kappa shape index (κ2) is 9.16. The highest BCUT2D eigenvalue weighted by Gasteiger charge is 2.42. The van der Waals surface area contributed by atoms with E-state index in [1.54, 1.807) is 6.07 Å². The van der Waals surface area contributed by atoms with Gasteiger partial charge in [0.05, 0.1) is 0 Å². The van der Waals surface area contributed by atoms with Crippen molar-refractivity contribution >= 4 is 29.8 Å². The van der Waals surface area contributed by atoms with Gasteiger partial charge in [0.15, 0.2) is 0 Å². The Morgan fingerprint density at radius 3 is 1.69 bits per heavy atom. The summed E-state index contributed by atoms with van der Waals surface area (Å²) in [5.41, 5.74) is 0.0919. The van der Waals surface area contributed by atoms with Crippen LogP contribution < -0.4 is 0 Å². The van der Waals surface area contributed by atoms with Crippen molar-refractivity contribution in [2.24, 2.45) is 0 Å². The van der Waals surface area contributed by atoms with E-state index < -0.39 is 48.2 Å². The van der Waals surface area contributed by atoms with Crippen molar-refractivity contribution in [1.82, 2.24) is 0 Å². The number of carbonyl (C=O) groups is 5. The Kier molecular flexibility index (Phi) is 7.26. The standard InChI is InChI=1S/C16H16O10/c1-8(17)24-12(15(21)22)13(25-9(2)18)16(23)26-11(14(19)20)10-6-4-3-5-7-10/h3-7,11-13H,1-2H3,(H,19,20)(H,21,22)/t11-,12-,13-/m1/s1. The van der Waals surface area contributed by atoms with E-state index >= 15 is 0 Å². The van der Waals surface area contributed by atoms with Crippen molar-refractivity contribution in [3.8, 4) is 0 Å². The summed E-state index contributed by atoms with van der Waals surface area (Å²) >= 11 is 0. The Balaban J connectivity index is 3.14. The Morgan fingerprint density at radius 1 is 0.769 bits per heavy atom. The maximum Gasteiger partial charge on any atom is 0.353 e. The number of rotatable bonds is 8. The van der Waals surface area contributed by atoms with Crippen LogP contribution in [0.3, 0.4) is 0 Å². The van der Waals surface area contributed by atoms with Gasteiger partial charge in [-0.05, 0) is 0 Å². The predicted octanol–water partition coefficient (Wildman–Crippen LogP) is 0.304. The molecule has 140 valence electrons. The molecule has 1 aromatic carbocycles. The Bertz CT molecular complexity index is 696. The molecule has 0 unspecified atom stereocenters. The molecule has 1 aromatic rings. The predicted molar refractivity (Wildman–Crippen MR) is 81.7 cm³/mol. The molecule has 0 heterocycles. The normalized spacial score (nSPS) is 13.6. The molecular formula is C16H16O10. The third kappa shape index (κ3) is 5.89. The van der Waals surface area contributed by atoms with Gasteiger partial charge in [-0.25, -0.2) is 14.4 Å². The molecule has 0 saturated heterocycles. The van der Waals surface area contributed by atoms with Gasteiger partial charge in [-0.2, -0.15) is 0 Å². The van der Waals surface area contributed by atoms with Gasteiger partial charge in [0.25, 0.3) is 0 Å². The lowest BCUT2D eigenvalue weighted by molar-refractivity contribution is -0.192. The smallest absolute Gasteiger partial charge is 0.353 e. The minimum Gasteiger partial charge on any atom is -0.478 e. The molecule has 0 bridgehead atoms. The van der Waals surface area contributed by atoms with E-state index in [1.807, 2.05) is 0 Å². The molecule has 0 spiro atoms. The summed E-state index contributed by atoms with van der Waals surface area (Å²) in [5, 5.41) is 18.4. The quantitative estimate of drug-likeness (QED) is 0.484. The Labute approximate surface area is 147 Å². The van der Waals surface area contributed by atoms with Crippen LogP contribution in [0.2, 0.25) is 0 Å². The van der Waals surface area contributed by atoms with Crippen LogP contribution in [-0.2, 0) is 38.2 Å². The number of benzene rings is 1. The highest BCUT2D eigenvalue weighted by molar-refractivity contribution is 5.89. The highest BCUT2D eigenvalue weighted by atomic mass is 16.6. The molecule has 10 nitrogen and oxygen atoms in total. The number of aliphatic carboxylic acids is 2. The molecule has 0 aliphatic heterocycles.